The van der Waals surface area contributed by atoms with Gasteiger partial charge >= 0.3 is 0 Å². The van der Waals surface area contributed by atoms with Crippen molar-refractivity contribution in [3.8, 4) is 0 Å². The van der Waals surface area contributed by atoms with Gasteiger partial charge in [-0.25, -0.2) is 8.42 Å². The fourth-order valence-corrected chi connectivity index (χ4v) is 4.99. The van der Waals surface area contributed by atoms with Gasteiger partial charge in [-0.2, -0.15) is 11.8 Å². The Morgan fingerprint density at radius 1 is 1.10 bits per heavy atom. The Bertz CT molecular complexity index is 365. The summed E-state index contributed by atoms with van der Waals surface area (Å²) in [6.07, 6.45) is 3.72. The van der Waals surface area contributed by atoms with Crippen molar-refractivity contribution in [2.24, 2.45) is 0 Å². The van der Waals surface area contributed by atoms with E-state index in [1.807, 2.05) is 11.8 Å². The van der Waals surface area contributed by atoms with Crippen LogP contribution in [0.5, 0.6) is 0 Å². The summed E-state index contributed by atoms with van der Waals surface area (Å²) in [5.41, 5.74) is 0. The Morgan fingerprint density at radius 2 is 1.75 bits per heavy atom. The number of hydrogen-bond acceptors (Lipinski definition) is 5. The predicted molar refractivity (Wildman–Crippen MR) is 87.3 cm³/mol. The fraction of sp³-hybridized carbons (Fsp3) is 1.00. The SMILES string of the molecule is CCSCCCN1CCC(N2CCS(=O)(=O)CC2)CC1. The van der Waals surface area contributed by atoms with E-state index in [-0.39, 0.29) is 0 Å². The highest BCUT2D eigenvalue weighted by molar-refractivity contribution is 7.99. The van der Waals surface area contributed by atoms with Crippen LogP contribution in [0.25, 0.3) is 0 Å². The first-order valence-electron chi connectivity index (χ1n) is 7.85. The third-order valence-corrected chi connectivity index (χ3v) is 7.01. The van der Waals surface area contributed by atoms with Crippen molar-refractivity contribution < 1.29 is 8.42 Å². The van der Waals surface area contributed by atoms with E-state index in [1.54, 1.807) is 0 Å². The number of nitrogens with zero attached hydrogens (tertiary/aromatic N) is 2. The van der Waals surface area contributed by atoms with Crippen LogP contribution in [0, 0.1) is 0 Å². The average Bonchev–Trinajstić information content (AvgIpc) is 2.45. The van der Waals surface area contributed by atoms with Gasteiger partial charge in [0.2, 0.25) is 0 Å². The van der Waals surface area contributed by atoms with Gasteiger partial charge in [0.15, 0.2) is 9.84 Å². The van der Waals surface area contributed by atoms with Crippen molar-refractivity contribution in [1.82, 2.24) is 9.80 Å². The number of likely N-dealkylation sites (tertiary alicyclic amines) is 1. The lowest BCUT2D eigenvalue weighted by molar-refractivity contribution is 0.115. The first-order chi connectivity index (χ1) is 9.61. The second-order valence-electron chi connectivity index (χ2n) is 5.81. The van der Waals surface area contributed by atoms with Gasteiger partial charge < -0.3 is 4.90 Å². The maximum atomic E-state index is 11.5. The zero-order chi connectivity index (χ0) is 14.4. The fourth-order valence-electron chi connectivity index (χ4n) is 3.13. The third kappa shape index (κ3) is 5.20. The average molecular weight is 321 g/mol. The molecule has 0 atom stereocenters. The van der Waals surface area contributed by atoms with Gasteiger partial charge in [-0.15, -0.1) is 0 Å². The minimum atomic E-state index is -2.74. The van der Waals surface area contributed by atoms with Gasteiger partial charge in [0.05, 0.1) is 11.5 Å². The first-order valence-corrected chi connectivity index (χ1v) is 10.8. The lowest BCUT2D eigenvalue weighted by Crippen LogP contribution is -2.50. The molecule has 0 aromatic rings. The first kappa shape index (κ1) is 16.6. The van der Waals surface area contributed by atoms with Crippen molar-refractivity contribution >= 4 is 21.6 Å². The van der Waals surface area contributed by atoms with E-state index in [9.17, 15) is 8.42 Å². The lowest BCUT2D eigenvalue weighted by atomic mass is 10.0. The molecule has 0 aromatic heterocycles. The minimum Gasteiger partial charge on any atom is -0.303 e. The van der Waals surface area contributed by atoms with Gasteiger partial charge in [-0.3, -0.25) is 4.90 Å². The molecule has 0 aliphatic carbocycles. The summed E-state index contributed by atoms with van der Waals surface area (Å²) in [5, 5.41) is 0. The van der Waals surface area contributed by atoms with Gasteiger partial charge in [-0.05, 0) is 50.4 Å². The highest BCUT2D eigenvalue weighted by Gasteiger charge is 2.29. The van der Waals surface area contributed by atoms with Crippen LogP contribution in [0.4, 0.5) is 0 Å². The van der Waals surface area contributed by atoms with Gasteiger partial charge in [0.25, 0.3) is 0 Å². The summed E-state index contributed by atoms with van der Waals surface area (Å²) < 4.78 is 22.9. The molecule has 0 amide bonds. The van der Waals surface area contributed by atoms with Crippen LogP contribution in [0.15, 0.2) is 0 Å². The second kappa shape index (κ2) is 8.01. The maximum absolute atomic E-state index is 11.5. The zero-order valence-electron chi connectivity index (χ0n) is 12.6. The molecule has 6 heteroatoms. The van der Waals surface area contributed by atoms with E-state index in [0.717, 1.165) is 13.1 Å². The van der Waals surface area contributed by atoms with Crippen molar-refractivity contribution in [1.29, 1.82) is 0 Å². The Balaban J connectivity index is 1.64. The Morgan fingerprint density at radius 3 is 2.35 bits per heavy atom. The molecular formula is C14H28N2O2S2. The van der Waals surface area contributed by atoms with Crippen molar-refractivity contribution in [2.45, 2.75) is 32.2 Å². The van der Waals surface area contributed by atoms with Crippen LogP contribution in [-0.4, -0.2) is 80.0 Å². The molecule has 0 aromatic carbocycles. The van der Waals surface area contributed by atoms with Gasteiger partial charge in [0, 0.05) is 19.1 Å². The van der Waals surface area contributed by atoms with E-state index in [2.05, 4.69) is 16.7 Å². The van der Waals surface area contributed by atoms with Crippen LogP contribution in [-0.2, 0) is 9.84 Å². The largest absolute Gasteiger partial charge is 0.303 e. The van der Waals surface area contributed by atoms with E-state index < -0.39 is 9.84 Å². The molecule has 2 saturated heterocycles. The van der Waals surface area contributed by atoms with Crippen LogP contribution < -0.4 is 0 Å². The van der Waals surface area contributed by atoms with Gasteiger partial charge in [0.1, 0.15) is 0 Å². The summed E-state index contributed by atoms with van der Waals surface area (Å²) in [7, 11) is -2.74. The monoisotopic (exact) mass is 320 g/mol. The van der Waals surface area contributed by atoms with E-state index in [0.29, 0.717) is 17.5 Å². The van der Waals surface area contributed by atoms with Crippen molar-refractivity contribution in [3.63, 3.8) is 0 Å². The molecule has 20 heavy (non-hydrogen) atoms. The van der Waals surface area contributed by atoms with Gasteiger partial charge in [-0.1, -0.05) is 6.92 Å². The summed E-state index contributed by atoms with van der Waals surface area (Å²) in [6.45, 7) is 7.32. The molecular weight excluding hydrogens is 292 g/mol. The molecule has 0 saturated carbocycles. The van der Waals surface area contributed by atoms with E-state index >= 15 is 0 Å². The normalized spacial score (nSPS) is 25.9. The molecule has 2 heterocycles. The van der Waals surface area contributed by atoms with Crippen LogP contribution in [0.1, 0.15) is 26.2 Å². The van der Waals surface area contributed by atoms with Crippen LogP contribution in [0.3, 0.4) is 0 Å². The number of rotatable bonds is 6. The molecule has 0 bridgehead atoms. The molecule has 0 spiro atoms. The molecule has 0 unspecified atom stereocenters. The number of piperidine rings is 1. The Hall–Kier alpha value is 0.220. The van der Waals surface area contributed by atoms with E-state index in [4.69, 9.17) is 0 Å². The zero-order valence-corrected chi connectivity index (χ0v) is 14.2. The molecule has 4 nitrogen and oxygen atoms in total. The molecule has 2 aliphatic heterocycles. The molecule has 2 rings (SSSR count). The molecule has 118 valence electrons. The quantitative estimate of drug-likeness (QED) is 0.691. The standard InChI is InChI=1S/C14H28N2O2S2/c1-2-19-11-3-6-15-7-4-14(5-8-15)16-9-12-20(17,18)13-10-16/h14H,2-13H2,1H3. The summed E-state index contributed by atoms with van der Waals surface area (Å²) in [6, 6.07) is 0.617. The smallest absolute Gasteiger partial charge is 0.152 e. The number of sulfone groups is 1. The van der Waals surface area contributed by atoms with Crippen molar-refractivity contribution in [3.05, 3.63) is 0 Å². The number of hydrogen-bond donors (Lipinski definition) is 0. The van der Waals surface area contributed by atoms with Crippen molar-refractivity contribution in [2.75, 3.05) is 55.7 Å². The highest BCUT2D eigenvalue weighted by atomic mass is 32.2. The predicted octanol–water partition coefficient (Wildman–Crippen LogP) is 1.32. The maximum Gasteiger partial charge on any atom is 0.152 e. The second-order valence-corrected chi connectivity index (χ2v) is 9.51. The number of thioether (sulfide) groups is 1. The molecule has 2 aliphatic rings. The highest BCUT2D eigenvalue weighted by Crippen LogP contribution is 2.19. The lowest BCUT2D eigenvalue weighted by Gasteiger charge is -2.40. The third-order valence-electron chi connectivity index (χ3n) is 4.42. The summed E-state index contributed by atoms with van der Waals surface area (Å²) in [5.74, 6) is 3.23. The molecule has 2 fully saturated rings. The molecule has 0 N–H and O–H groups in total. The summed E-state index contributed by atoms with van der Waals surface area (Å²) >= 11 is 2.03. The van der Waals surface area contributed by atoms with E-state index in [1.165, 1.54) is 50.4 Å². The topological polar surface area (TPSA) is 40.6 Å². The van der Waals surface area contributed by atoms with Crippen LogP contribution in [0.2, 0.25) is 0 Å². The van der Waals surface area contributed by atoms with Crippen LogP contribution >= 0.6 is 11.8 Å². The molecule has 0 radical (unpaired) electrons. The minimum absolute atomic E-state index is 0.363. The Labute approximate surface area is 128 Å². The Kier molecular flexibility index (Phi) is 6.65. The summed E-state index contributed by atoms with van der Waals surface area (Å²) in [4.78, 5) is 4.98.